The summed E-state index contributed by atoms with van der Waals surface area (Å²) in [5, 5.41) is 16.3. The van der Waals surface area contributed by atoms with Gasteiger partial charge in [0.05, 0.1) is 0 Å². The van der Waals surface area contributed by atoms with Crippen LogP contribution in [0.15, 0.2) is 0 Å². The largest absolute Gasteiger partial charge is 0.480 e. The molecule has 0 aromatic heterocycles. The number of amides is 3. The predicted octanol–water partition coefficient (Wildman–Crippen LogP) is 2.19. The molecule has 0 aliphatic rings. The predicted molar refractivity (Wildman–Crippen MR) is 109 cm³/mol. The van der Waals surface area contributed by atoms with E-state index >= 15 is 0 Å². The van der Waals surface area contributed by atoms with Gasteiger partial charge in [0.15, 0.2) is 0 Å². The van der Waals surface area contributed by atoms with Crippen LogP contribution in [0.4, 0.5) is 4.79 Å². The highest BCUT2D eigenvalue weighted by molar-refractivity contribution is 5.89. The first kappa shape index (κ1) is 26.7. The number of unbranched alkanes of at least 4 members (excludes halogenated alkanes) is 2. The van der Waals surface area contributed by atoms with E-state index < -0.39 is 36.2 Å². The number of carboxylic acid groups (broad SMARTS) is 1. The van der Waals surface area contributed by atoms with Crippen LogP contribution in [0.25, 0.3) is 0 Å². The van der Waals surface area contributed by atoms with Gasteiger partial charge in [-0.05, 0) is 45.4 Å². The maximum atomic E-state index is 12.1. The minimum atomic E-state index is -1.14. The average Bonchev–Trinajstić information content (AvgIpc) is 2.61. The van der Waals surface area contributed by atoms with Crippen molar-refractivity contribution in [3.8, 4) is 0 Å². The zero-order valence-corrected chi connectivity index (χ0v) is 18.3. The van der Waals surface area contributed by atoms with E-state index in [1.165, 1.54) is 0 Å². The van der Waals surface area contributed by atoms with E-state index in [0.29, 0.717) is 25.8 Å². The Morgan fingerprint density at radius 2 is 1.69 bits per heavy atom. The van der Waals surface area contributed by atoms with E-state index in [1.54, 1.807) is 0 Å². The van der Waals surface area contributed by atoms with Crippen molar-refractivity contribution in [2.24, 2.45) is 5.92 Å². The van der Waals surface area contributed by atoms with Gasteiger partial charge in [-0.2, -0.15) is 0 Å². The second kappa shape index (κ2) is 13.8. The van der Waals surface area contributed by atoms with Crippen molar-refractivity contribution in [2.45, 2.75) is 84.8 Å². The number of nitrogens with one attached hydrogen (secondary N) is 3. The Kier molecular flexibility index (Phi) is 12.7. The zero-order valence-electron chi connectivity index (χ0n) is 18.3. The van der Waals surface area contributed by atoms with E-state index in [1.807, 2.05) is 34.6 Å². The molecule has 0 spiro atoms. The number of hydrogen-bond acceptors (Lipinski definition) is 5. The van der Waals surface area contributed by atoms with Gasteiger partial charge in [-0.3, -0.25) is 14.4 Å². The van der Waals surface area contributed by atoms with Crippen molar-refractivity contribution in [3.05, 3.63) is 0 Å². The maximum absolute atomic E-state index is 12.1. The van der Waals surface area contributed by atoms with Crippen LogP contribution < -0.4 is 16.0 Å². The normalized spacial score (nSPS) is 12.2. The number of carbonyl (C=O) groups is 4. The highest BCUT2D eigenvalue weighted by Gasteiger charge is 2.22. The quantitative estimate of drug-likeness (QED) is 0.321. The average molecular weight is 416 g/mol. The van der Waals surface area contributed by atoms with Gasteiger partial charge in [0, 0.05) is 13.0 Å². The van der Waals surface area contributed by atoms with Gasteiger partial charge in [-0.1, -0.05) is 27.2 Å². The third kappa shape index (κ3) is 14.3. The summed E-state index contributed by atoms with van der Waals surface area (Å²) in [5.74, 6) is -1.71. The zero-order chi connectivity index (χ0) is 22.4. The van der Waals surface area contributed by atoms with E-state index in [9.17, 15) is 19.2 Å². The Hall–Kier alpha value is -2.32. The monoisotopic (exact) mass is 415 g/mol. The van der Waals surface area contributed by atoms with Crippen LogP contribution in [0.2, 0.25) is 0 Å². The van der Waals surface area contributed by atoms with Crippen LogP contribution in [0, 0.1) is 5.92 Å². The highest BCUT2D eigenvalue weighted by atomic mass is 16.6. The Balaban J connectivity index is 4.13. The molecule has 1 atom stereocenters. The molecule has 0 unspecified atom stereocenters. The summed E-state index contributed by atoms with van der Waals surface area (Å²) in [4.78, 5) is 46.4. The summed E-state index contributed by atoms with van der Waals surface area (Å²) in [6, 6.07) is -0.750. The molecule has 0 rings (SSSR count). The number of carboxylic acids is 1. The van der Waals surface area contributed by atoms with Crippen molar-refractivity contribution in [3.63, 3.8) is 0 Å². The summed E-state index contributed by atoms with van der Waals surface area (Å²) < 4.78 is 5.28. The molecule has 3 amide bonds. The second-order valence-corrected chi connectivity index (χ2v) is 8.10. The van der Waals surface area contributed by atoms with Crippen LogP contribution in [-0.4, -0.2) is 53.7 Å². The summed E-state index contributed by atoms with van der Waals surface area (Å²) in [6.45, 7) is 9.47. The van der Waals surface area contributed by atoms with E-state index in [2.05, 4.69) is 16.0 Å². The van der Waals surface area contributed by atoms with Crippen LogP contribution >= 0.6 is 0 Å². The lowest BCUT2D eigenvalue weighted by molar-refractivity contribution is -0.138. The topological polar surface area (TPSA) is 134 Å². The van der Waals surface area contributed by atoms with Crippen LogP contribution in [0.5, 0.6) is 0 Å². The number of aliphatic carboxylic acids is 1. The SMILES string of the molecule is CCC(C)(C)OC(=O)NCCCCCC(=O)N[C@@H](CC(C)C)C(=O)NCC(=O)O. The molecule has 0 saturated carbocycles. The van der Waals surface area contributed by atoms with Gasteiger partial charge in [0.1, 0.15) is 18.2 Å². The first-order valence-electron chi connectivity index (χ1n) is 10.2. The van der Waals surface area contributed by atoms with Gasteiger partial charge in [0.2, 0.25) is 11.8 Å². The molecular weight excluding hydrogens is 378 g/mol. The molecule has 0 aromatic carbocycles. The van der Waals surface area contributed by atoms with E-state index in [4.69, 9.17) is 9.84 Å². The summed E-state index contributed by atoms with van der Waals surface area (Å²) in [6.07, 6.45) is 3.04. The van der Waals surface area contributed by atoms with E-state index in [0.717, 1.165) is 12.8 Å². The van der Waals surface area contributed by atoms with Crippen LogP contribution in [0.1, 0.15) is 73.1 Å². The number of ether oxygens (including phenoxy) is 1. The third-order valence-corrected chi connectivity index (χ3v) is 4.34. The number of hydrogen-bond donors (Lipinski definition) is 4. The van der Waals surface area contributed by atoms with Crippen molar-refractivity contribution in [1.82, 2.24) is 16.0 Å². The van der Waals surface area contributed by atoms with Gasteiger partial charge in [0.25, 0.3) is 0 Å². The molecule has 0 aliphatic carbocycles. The van der Waals surface area contributed by atoms with Crippen molar-refractivity contribution >= 4 is 23.9 Å². The van der Waals surface area contributed by atoms with Gasteiger partial charge >= 0.3 is 12.1 Å². The molecule has 168 valence electrons. The van der Waals surface area contributed by atoms with E-state index in [-0.39, 0.29) is 18.2 Å². The molecule has 0 bridgehead atoms. The van der Waals surface area contributed by atoms with Gasteiger partial charge in [-0.25, -0.2) is 4.79 Å². The maximum Gasteiger partial charge on any atom is 0.407 e. The molecule has 0 heterocycles. The Bertz CT molecular complexity index is 548. The fourth-order valence-electron chi connectivity index (χ4n) is 2.39. The summed E-state index contributed by atoms with van der Waals surface area (Å²) in [5.41, 5.74) is -0.495. The number of carbonyl (C=O) groups excluding carboxylic acids is 3. The van der Waals surface area contributed by atoms with Crippen LogP contribution in [0.3, 0.4) is 0 Å². The standard InChI is InChI=1S/C20H37N3O6/c1-6-20(4,5)29-19(28)21-11-9-7-8-10-16(24)23-15(12-14(2)3)18(27)22-13-17(25)26/h14-15H,6-13H2,1-5H3,(H,21,28)(H,22,27)(H,23,24)(H,25,26)/t15-/m0/s1. The summed E-state index contributed by atoms with van der Waals surface area (Å²) in [7, 11) is 0. The van der Waals surface area contributed by atoms with Gasteiger partial charge in [-0.15, -0.1) is 0 Å². The fourth-order valence-corrected chi connectivity index (χ4v) is 2.39. The van der Waals surface area contributed by atoms with Gasteiger partial charge < -0.3 is 25.8 Å². The third-order valence-electron chi connectivity index (χ3n) is 4.34. The van der Waals surface area contributed by atoms with Crippen LogP contribution in [-0.2, 0) is 19.1 Å². The first-order chi connectivity index (χ1) is 13.5. The van der Waals surface area contributed by atoms with Crippen molar-refractivity contribution in [1.29, 1.82) is 0 Å². The van der Waals surface area contributed by atoms with Crippen molar-refractivity contribution < 1.29 is 29.0 Å². The number of rotatable bonds is 14. The molecule has 29 heavy (non-hydrogen) atoms. The fraction of sp³-hybridized carbons (Fsp3) is 0.800. The smallest absolute Gasteiger partial charge is 0.407 e. The molecule has 0 radical (unpaired) electrons. The molecule has 4 N–H and O–H groups in total. The lowest BCUT2D eigenvalue weighted by Gasteiger charge is -2.23. The molecule has 0 aromatic rings. The first-order valence-corrected chi connectivity index (χ1v) is 10.2. The number of alkyl carbamates (subject to hydrolysis) is 1. The minimum Gasteiger partial charge on any atom is -0.480 e. The Labute approximate surface area is 173 Å². The molecule has 0 aliphatic heterocycles. The lowest BCUT2D eigenvalue weighted by Crippen LogP contribution is -2.48. The lowest BCUT2D eigenvalue weighted by atomic mass is 10.0. The van der Waals surface area contributed by atoms with Crippen molar-refractivity contribution in [2.75, 3.05) is 13.1 Å². The Morgan fingerprint density at radius 3 is 2.24 bits per heavy atom. The molecule has 0 fully saturated rings. The minimum absolute atomic E-state index is 0.166. The second-order valence-electron chi connectivity index (χ2n) is 8.10. The molecule has 0 saturated heterocycles. The Morgan fingerprint density at radius 1 is 1.03 bits per heavy atom. The molecule has 9 heteroatoms. The summed E-state index contributed by atoms with van der Waals surface area (Å²) >= 11 is 0. The molecule has 9 nitrogen and oxygen atoms in total. The molecular formula is C20H37N3O6. The highest BCUT2D eigenvalue weighted by Crippen LogP contribution is 2.13.